The first-order valence-corrected chi connectivity index (χ1v) is 5.81. The molecule has 102 valence electrons. The molecule has 0 aromatic heterocycles. The summed E-state index contributed by atoms with van der Waals surface area (Å²) in [6.45, 7) is 6.22. The molecular formula is C12H25NO4. The first-order chi connectivity index (χ1) is 7.89. The summed E-state index contributed by atoms with van der Waals surface area (Å²) in [5.41, 5.74) is -0.721. The first-order valence-electron chi connectivity index (χ1n) is 5.81. The number of hydrogen-bond acceptors (Lipinski definition) is 5. The Kier molecular flexibility index (Phi) is 7.34. The first kappa shape index (κ1) is 16.4. The fraction of sp³-hybridized carbons (Fsp3) is 0.917. The van der Waals surface area contributed by atoms with Crippen LogP contribution in [0.2, 0.25) is 0 Å². The summed E-state index contributed by atoms with van der Waals surface area (Å²) >= 11 is 0. The van der Waals surface area contributed by atoms with Crippen LogP contribution in [-0.2, 0) is 19.0 Å². The van der Waals surface area contributed by atoms with Crippen LogP contribution >= 0.6 is 0 Å². The maximum atomic E-state index is 11.6. The molecule has 0 aliphatic carbocycles. The van der Waals surface area contributed by atoms with E-state index in [1.807, 2.05) is 13.8 Å². The molecule has 0 amide bonds. The molecule has 0 heterocycles. The zero-order valence-electron chi connectivity index (χ0n) is 11.7. The maximum absolute atomic E-state index is 11.6. The van der Waals surface area contributed by atoms with Crippen molar-refractivity contribution in [1.29, 1.82) is 0 Å². The van der Waals surface area contributed by atoms with Gasteiger partial charge in [0.15, 0.2) is 0 Å². The Morgan fingerprint density at radius 2 is 1.88 bits per heavy atom. The highest BCUT2D eigenvalue weighted by Gasteiger charge is 2.34. The molecule has 0 fully saturated rings. The summed E-state index contributed by atoms with van der Waals surface area (Å²) in [5, 5.41) is 2.98. The van der Waals surface area contributed by atoms with Crippen molar-refractivity contribution in [2.24, 2.45) is 0 Å². The minimum atomic E-state index is -0.721. The molecule has 1 N–H and O–H groups in total. The third kappa shape index (κ3) is 5.48. The van der Waals surface area contributed by atoms with Crippen molar-refractivity contribution >= 4 is 5.97 Å². The topological polar surface area (TPSA) is 56.8 Å². The molecule has 0 bridgehead atoms. The van der Waals surface area contributed by atoms with Crippen molar-refractivity contribution in [3.8, 4) is 0 Å². The van der Waals surface area contributed by atoms with Gasteiger partial charge in [-0.3, -0.25) is 4.79 Å². The van der Waals surface area contributed by atoms with Gasteiger partial charge < -0.3 is 19.5 Å². The van der Waals surface area contributed by atoms with Gasteiger partial charge >= 0.3 is 5.97 Å². The fourth-order valence-electron chi connectivity index (χ4n) is 1.81. The molecule has 5 heteroatoms. The van der Waals surface area contributed by atoms with E-state index in [-0.39, 0.29) is 18.2 Å². The second-order valence-corrected chi connectivity index (χ2v) is 4.49. The SMILES string of the molecule is CNC(C)(CC(C)OC(C)COC)C(=O)OC. The van der Waals surface area contributed by atoms with Crippen molar-refractivity contribution in [2.75, 3.05) is 27.9 Å². The third-order valence-electron chi connectivity index (χ3n) is 2.75. The highest BCUT2D eigenvalue weighted by molar-refractivity contribution is 5.80. The number of likely N-dealkylation sites (N-methyl/N-ethyl adjacent to an activating group) is 1. The van der Waals surface area contributed by atoms with E-state index in [1.54, 1.807) is 21.1 Å². The van der Waals surface area contributed by atoms with Crippen molar-refractivity contribution < 1.29 is 19.0 Å². The van der Waals surface area contributed by atoms with E-state index in [4.69, 9.17) is 14.2 Å². The molecule has 0 aliphatic rings. The second-order valence-electron chi connectivity index (χ2n) is 4.49. The van der Waals surface area contributed by atoms with Crippen LogP contribution in [0, 0.1) is 0 Å². The van der Waals surface area contributed by atoms with Crippen molar-refractivity contribution in [2.45, 2.75) is 44.9 Å². The number of ether oxygens (including phenoxy) is 3. The standard InChI is InChI=1S/C12H25NO4/c1-9(17-10(2)8-15-5)7-12(3,13-4)11(14)16-6/h9-10,13H,7-8H2,1-6H3. The average molecular weight is 247 g/mol. The van der Waals surface area contributed by atoms with Crippen LogP contribution in [-0.4, -0.2) is 51.6 Å². The lowest BCUT2D eigenvalue weighted by Gasteiger charge is -2.30. The smallest absolute Gasteiger partial charge is 0.325 e. The largest absolute Gasteiger partial charge is 0.468 e. The van der Waals surface area contributed by atoms with E-state index in [0.29, 0.717) is 13.0 Å². The molecule has 0 saturated heterocycles. The van der Waals surface area contributed by atoms with E-state index in [9.17, 15) is 4.79 Å². The summed E-state index contributed by atoms with van der Waals surface area (Å²) in [6, 6.07) is 0. The average Bonchev–Trinajstić information content (AvgIpc) is 2.27. The van der Waals surface area contributed by atoms with E-state index in [0.717, 1.165) is 0 Å². The van der Waals surface area contributed by atoms with Crippen LogP contribution < -0.4 is 5.32 Å². The Balaban J connectivity index is 4.32. The molecule has 17 heavy (non-hydrogen) atoms. The number of methoxy groups -OCH3 is 2. The molecule has 5 nitrogen and oxygen atoms in total. The van der Waals surface area contributed by atoms with Crippen LogP contribution in [0.25, 0.3) is 0 Å². The summed E-state index contributed by atoms with van der Waals surface area (Å²) in [6.07, 6.45) is 0.495. The number of rotatable bonds is 8. The highest BCUT2D eigenvalue weighted by Crippen LogP contribution is 2.17. The molecule has 0 aromatic rings. The highest BCUT2D eigenvalue weighted by atomic mass is 16.5. The summed E-state index contributed by atoms with van der Waals surface area (Å²) in [4.78, 5) is 11.6. The van der Waals surface area contributed by atoms with Crippen LogP contribution in [0.3, 0.4) is 0 Å². The molecule has 0 aromatic carbocycles. The minimum Gasteiger partial charge on any atom is -0.468 e. The molecule has 3 unspecified atom stereocenters. The van der Waals surface area contributed by atoms with Crippen molar-refractivity contribution in [3.63, 3.8) is 0 Å². The number of carbonyl (C=O) groups excluding carboxylic acids is 1. The predicted molar refractivity (Wildman–Crippen MR) is 66.0 cm³/mol. The van der Waals surface area contributed by atoms with Gasteiger partial charge in [0.2, 0.25) is 0 Å². The zero-order chi connectivity index (χ0) is 13.5. The van der Waals surface area contributed by atoms with Gasteiger partial charge in [0.1, 0.15) is 5.54 Å². The predicted octanol–water partition coefficient (Wildman–Crippen LogP) is 0.968. The van der Waals surface area contributed by atoms with E-state index in [2.05, 4.69) is 5.32 Å². The van der Waals surface area contributed by atoms with Crippen molar-refractivity contribution in [3.05, 3.63) is 0 Å². The van der Waals surface area contributed by atoms with Gasteiger partial charge in [0.25, 0.3) is 0 Å². The molecule has 0 aliphatic heterocycles. The molecule has 3 atom stereocenters. The number of nitrogens with one attached hydrogen (secondary N) is 1. The lowest BCUT2D eigenvalue weighted by atomic mass is 9.95. The Bertz CT molecular complexity index is 235. The number of esters is 1. The van der Waals surface area contributed by atoms with E-state index < -0.39 is 5.54 Å². The van der Waals surface area contributed by atoms with Crippen LogP contribution in [0.15, 0.2) is 0 Å². The molecule has 0 radical (unpaired) electrons. The van der Waals surface area contributed by atoms with Gasteiger partial charge in [0.05, 0.1) is 25.9 Å². The Morgan fingerprint density at radius 1 is 1.29 bits per heavy atom. The lowest BCUT2D eigenvalue weighted by Crippen LogP contribution is -2.50. The monoisotopic (exact) mass is 247 g/mol. The van der Waals surface area contributed by atoms with Crippen LogP contribution in [0.1, 0.15) is 27.2 Å². The summed E-state index contributed by atoms with van der Waals surface area (Å²) < 4.78 is 15.5. The van der Waals surface area contributed by atoms with Gasteiger partial charge in [-0.15, -0.1) is 0 Å². The Hall–Kier alpha value is -0.650. The van der Waals surface area contributed by atoms with E-state index >= 15 is 0 Å². The van der Waals surface area contributed by atoms with Gasteiger partial charge in [-0.25, -0.2) is 0 Å². The zero-order valence-corrected chi connectivity index (χ0v) is 11.7. The summed E-state index contributed by atoms with van der Waals surface area (Å²) in [5.74, 6) is -0.283. The third-order valence-corrected chi connectivity index (χ3v) is 2.75. The quantitative estimate of drug-likeness (QED) is 0.648. The van der Waals surface area contributed by atoms with Crippen LogP contribution in [0.5, 0.6) is 0 Å². The second kappa shape index (κ2) is 7.63. The molecule has 0 rings (SSSR count). The molecule has 0 spiro atoms. The number of carbonyl (C=O) groups is 1. The molecule has 0 saturated carbocycles. The minimum absolute atomic E-state index is 0.00810. The van der Waals surface area contributed by atoms with E-state index in [1.165, 1.54) is 7.11 Å². The lowest BCUT2D eigenvalue weighted by molar-refractivity contribution is -0.150. The van der Waals surface area contributed by atoms with Gasteiger partial charge in [0, 0.05) is 13.5 Å². The maximum Gasteiger partial charge on any atom is 0.325 e. The van der Waals surface area contributed by atoms with Crippen molar-refractivity contribution in [1.82, 2.24) is 5.32 Å². The van der Waals surface area contributed by atoms with Gasteiger partial charge in [-0.05, 0) is 27.8 Å². The normalized spacial score (nSPS) is 18.2. The van der Waals surface area contributed by atoms with Gasteiger partial charge in [-0.2, -0.15) is 0 Å². The van der Waals surface area contributed by atoms with Crippen LogP contribution in [0.4, 0.5) is 0 Å². The fourth-order valence-corrected chi connectivity index (χ4v) is 1.81. The van der Waals surface area contributed by atoms with Gasteiger partial charge in [-0.1, -0.05) is 0 Å². The Morgan fingerprint density at radius 3 is 2.29 bits per heavy atom. The molecular weight excluding hydrogens is 222 g/mol. The Labute approximate surface area is 104 Å². The summed E-state index contributed by atoms with van der Waals surface area (Å²) in [7, 11) is 4.76. The number of hydrogen-bond donors (Lipinski definition) is 1.